The number of fused-ring (bicyclic) bond motifs is 1. The van der Waals surface area contributed by atoms with Crippen LogP contribution < -0.4 is 4.74 Å². The van der Waals surface area contributed by atoms with Crippen LogP contribution in [0.2, 0.25) is 10.0 Å². The largest absolute Gasteiger partial charge is 0.423 e. The van der Waals surface area contributed by atoms with E-state index in [1.54, 1.807) is 36.4 Å². The molecule has 0 aliphatic carbocycles. The van der Waals surface area contributed by atoms with Gasteiger partial charge in [0.15, 0.2) is 5.78 Å². The van der Waals surface area contributed by atoms with Crippen molar-refractivity contribution in [2.24, 2.45) is 0 Å². The Bertz CT molecular complexity index is 1680. The highest BCUT2D eigenvalue weighted by Crippen LogP contribution is 2.28. The van der Waals surface area contributed by atoms with E-state index in [0.717, 1.165) is 10.6 Å². The van der Waals surface area contributed by atoms with Crippen molar-refractivity contribution in [1.82, 2.24) is 10.0 Å². The van der Waals surface area contributed by atoms with E-state index in [4.69, 9.17) is 27.9 Å². The van der Waals surface area contributed by atoms with Crippen LogP contribution in [0.3, 0.4) is 0 Å². The first-order chi connectivity index (χ1) is 19.6. The second kappa shape index (κ2) is 11.4. The molecule has 0 aromatic heterocycles. The molecule has 0 radical (unpaired) electrons. The normalized spacial score (nSPS) is 12.2. The lowest BCUT2D eigenvalue weighted by Gasteiger charge is -2.29. The minimum absolute atomic E-state index is 0.0173. The number of rotatable bonds is 7. The highest BCUT2D eigenvalue weighted by molar-refractivity contribution is 6.37. The number of imide groups is 1. The van der Waals surface area contributed by atoms with Gasteiger partial charge in [-0.05, 0) is 73.7 Å². The third-order valence-corrected chi connectivity index (χ3v) is 6.93. The lowest BCUT2D eigenvalue weighted by Crippen LogP contribution is -2.51. The molecule has 4 aromatic carbocycles. The average molecular weight is 587 g/mol. The van der Waals surface area contributed by atoms with Crippen LogP contribution in [0.5, 0.6) is 5.75 Å². The zero-order chi connectivity index (χ0) is 29.3. The van der Waals surface area contributed by atoms with Gasteiger partial charge in [-0.25, -0.2) is 9.80 Å². The molecule has 5 rings (SSSR count). The van der Waals surface area contributed by atoms with Crippen LogP contribution in [0.1, 0.15) is 57.4 Å². The Labute approximate surface area is 244 Å². The SMILES string of the molecule is Cc1ccc(C(=O)Oc2ccc(C(=O)CN(C(=O)c3ccc(Cl)cc3Cl)N3C(=O)c4ccccc4C3=O)cc2)cc1. The summed E-state index contributed by atoms with van der Waals surface area (Å²) in [5.41, 5.74) is 1.66. The Morgan fingerprint density at radius 3 is 1.95 bits per heavy atom. The third-order valence-electron chi connectivity index (χ3n) is 6.38. The molecule has 0 atom stereocenters. The zero-order valence-corrected chi connectivity index (χ0v) is 23.0. The minimum Gasteiger partial charge on any atom is -0.423 e. The van der Waals surface area contributed by atoms with Gasteiger partial charge in [0.1, 0.15) is 12.3 Å². The maximum Gasteiger partial charge on any atom is 0.343 e. The lowest BCUT2D eigenvalue weighted by molar-refractivity contribution is 0.00531. The second-order valence-corrected chi connectivity index (χ2v) is 10.0. The summed E-state index contributed by atoms with van der Waals surface area (Å²) in [5.74, 6) is -3.31. The van der Waals surface area contributed by atoms with Crippen molar-refractivity contribution in [2.75, 3.05) is 6.54 Å². The first-order valence-electron chi connectivity index (χ1n) is 12.3. The molecular formula is C31H20Cl2N2O6. The minimum atomic E-state index is -0.849. The van der Waals surface area contributed by atoms with Gasteiger partial charge in [-0.3, -0.25) is 19.2 Å². The van der Waals surface area contributed by atoms with Gasteiger partial charge in [0.05, 0.1) is 27.3 Å². The highest BCUT2D eigenvalue weighted by Gasteiger charge is 2.42. The number of nitrogens with zero attached hydrogens (tertiary/aromatic N) is 2. The second-order valence-electron chi connectivity index (χ2n) is 9.16. The smallest absolute Gasteiger partial charge is 0.343 e. The number of benzene rings is 4. The molecule has 41 heavy (non-hydrogen) atoms. The molecule has 10 heteroatoms. The number of Topliss-reactive ketones (excluding diaryl/α,β-unsaturated/α-hetero) is 1. The van der Waals surface area contributed by atoms with Gasteiger partial charge in [-0.1, -0.05) is 53.0 Å². The topological polar surface area (TPSA) is 101 Å². The number of carbonyl (C=O) groups excluding carboxylic acids is 5. The van der Waals surface area contributed by atoms with Crippen molar-refractivity contribution in [3.63, 3.8) is 0 Å². The number of hydrazine groups is 1. The number of hydrogen-bond acceptors (Lipinski definition) is 6. The van der Waals surface area contributed by atoms with Gasteiger partial charge in [0.25, 0.3) is 17.7 Å². The van der Waals surface area contributed by atoms with Gasteiger partial charge in [0, 0.05) is 10.6 Å². The standard InChI is InChI=1S/C31H20Cl2N2O6/c1-18-6-8-20(9-7-18)31(40)41-22-13-10-19(11-14-22)27(36)17-34(28(37)25-15-12-21(32)16-26(25)33)35-29(38)23-4-2-3-5-24(23)30(35)39/h2-16H,17H2,1H3. The summed E-state index contributed by atoms with van der Waals surface area (Å²) < 4.78 is 5.38. The number of amides is 3. The summed E-state index contributed by atoms with van der Waals surface area (Å²) in [6.07, 6.45) is 0. The maximum atomic E-state index is 13.6. The Morgan fingerprint density at radius 1 is 0.780 bits per heavy atom. The maximum absolute atomic E-state index is 13.6. The molecule has 4 aromatic rings. The quantitative estimate of drug-likeness (QED) is 0.113. The van der Waals surface area contributed by atoms with Crippen molar-refractivity contribution in [3.05, 3.63) is 134 Å². The molecule has 3 amide bonds. The fourth-order valence-electron chi connectivity index (χ4n) is 4.22. The average Bonchev–Trinajstić information content (AvgIpc) is 3.21. The molecule has 0 bridgehead atoms. The van der Waals surface area contributed by atoms with E-state index in [2.05, 4.69) is 0 Å². The molecule has 8 nitrogen and oxygen atoms in total. The Hall–Kier alpha value is -4.79. The molecule has 0 fully saturated rings. The molecule has 1 aliphatic rings. The zero-order valence-electron chi connectivity index (χ0n) is 21.5. The van der Waals surface area contributed by atoms with Crippen LogP contribution in [0.25, 0.3) is 0 Å². The van der Waals surface area contributed by atoms with Crippen molar-refractivity contribution < 1.29 is 28.7 Å². The van der Waals surface area contributed by atoms with Crippen LogP contribution >= 0.6 is 23.2 Å². The molecule has 0 unspecified atom stereocenters. The fraction of sp³-hybridized carbons (Fsp3) is 0.0645. The number of aryl methyl sites for hydroxylation is 1. The molecule has 1 aliphatic heterocycles. The fourth-order valence-corrected chi connectivity index (χ4v) is 4.71. The highest BCUT2D eigenvalue weighted by atomic mass is 35.5. The van der Waals surface area contributed by atoms with E-state index in [1.807, 2.05) is 6.92 Å². The van der Waals surface area contributed by atoms with Crippen LogP contribution in [-0.4, -0.2) is 46.0 Å². The number of ether oxygens (including phenoxy) is 1. The Kier molecular flexibility index (Phi) is 7.70. The molecule has 0 spiro atoms. The van der Waals surface area contributed by atoms with E-state index in [-0.39, 0.29) is 38.0 Å². The van der Waals surface area contributed by atoms with Crippen LogP contribution in [-0.2, 0) is 0 Å². The summed E-state index contributed by atoms with van der Waals surface area (Å²) in [5, 5.41) is 1.68. The Morgan fingerprint density at radius 2 is 1.37 bits per heavy atom. The number of carbonyl (C=O) groups is 5. The summed E-state index contributed by atoms with van der Waals surface area (Å²) in [6.45, 7) is 1.24. The van der Waals surface area contributed by atoms with Gasteiger partial charge in [-0.15, -0.1) is 0 Å². The van der Waals surface area contributed by atoms with Gasteiger partial charge in [0.2, 0.25) is 0 Å². The molecule has 0 saturated heterocycles. The number of hydrogen-bond donors (Lipinski definition) is 0. The van der Waals surface area contributed by atoms with E-state index < -0.39 is 36.0 Å². The molecule has 0 saturated carbocycles. The predicted molar refractivity (Wildman–Crippen MR) is 151 cm³/mol. The molecule has 1 heterocycles. The first kappa shape index (κ1) is 27.8. The van der Waals surface area contributed by atoms with Crippen LogP contribution in [0.4, 0.5) is 0 Å². The molecule has 0 N–H and O–H groups in total. The Balaban J connectivity index is 1.40. The summed E-state index contributed by atoms with van der Waals surface area (Å²) in [4.78, 5) is 65.9. The molecular weight excluding hydrogens is 567 g/mol. The van der Waals surface area contributed by atoms with E-state index in [1.165, 1.54) is 54.6 Å². The first-order valence-corrected chi connectivity index (χ1v) is 13.1. The van der Waals surface area contributed by atoms with Crippen molar-refractivity contribution in [1.29, 1.82) is 0 Å². The third kappa shape index (κ3) is 5.61. The summed E-state index contributed by atoms with van der Waals surface area (Å²) in [6, 6.07) is 22.8. The van der Waals surface area contributed by atoms with Crippen molar-refractivity contribution in [3.8, 4) is 5.75 Å². The number of ketones is 1. The van der Waals surface area contributed by atoms with Crippen molar-refractivity contribution >= 4 is 52.7 Å². The van der Waals surface area contributed by atoms with Crippen LogP contribution in [0.15, 0.2) is 91.0 Å². The van der Waals surface area contributed by atoms with E-state index in [0.29, 0.717) is 10.6 Å². The van der Waals surface area contributed by atoms with Gasteiger partial charge >= 0.3 is 5.97 Å². The summed E-state index contributed by atoms with van der Waals surface area (Å²) >= 11 is 12.2. The monoisotopic (exact) mass is 586 g/mol. The van der Waals surface area contributed by atoms with Gasteiger partial charge in [-0.2, -0.15) is 5.01 Å². The van der Waals surface area contributed by atoms with E-state index in [9.17, 15) is 24.0 Å². The van der Waals surface area contributed by atoms with E-state index >= 15 is 0 Å². The van der Waals surface area contributed by atoms with Crippen molar-refractivity contribution in [2.45, 2.75) is 6.92 Å². The number of esters is 1. The molecule has 204 valence electrons. The predicted octanol–water partition coefficient (Wildman–Crippen LogP) is 6.06. The lowest BCUT2D eigenvalue weighted by atomic mass is 10.1. The van der Waals surface area contributed by atoms with Gasteiger partial charge < -0.3 is 4.74 Å². The van der Waals surface area contributed by atoms with Crippen LogP contribution in [0, 0.1) is 6.92 Å². The summed E-state index contributed by atoms with van der Waals surface area (Å²) in [7, 11) is 0. The number of halogens is 2.